The Morgan fingerprint density at radius 2 is 2.10 bits per heavy atom. The van der Waals surface area contributed by atoms with Crippen molar-refractivity contribution in [3.63, 3.8) is 0 Å². The lowest BCUT2D eigenvalue weighted by molar-refractivity contribution is -0.122. The molecule has 1 atom stereocenters. The Kier molecular flexibility index (Phi) is 3.77. The monoisotopic (exact) mass is 351 g/mol. The number of hydrogen-bond acceptors (Lipinski definition) is 4. The molecular formula is C14H14BrN3O3. The van der Waals surface area contributed by atoms with Crippen LogP contribution >= 0.6 is 15.9 Å². The number of amides is 3. The first-order valence-electron chi connectivity index (χ1n) is 6.72. The second-order valence-corrected chi connectivity index (χ2v) is 6.06. The van der Waals surface area contributed by atoms with Crippen molar-refractivity contribution in [2.75, 3.05) is 19.6 Å². The van der Waals surface area contributed by atoms with Crippen LogP contribution in [0.25, 0.3) is 0 Å². The van der Waals surface area contributed by atoms with Gasteiger partial charge < -0.3 is 10.6 Å². The van der Waals surface area contributed by atoms with Gasteiger partial charge in [-0.3, -0.25) is 19.3 Å². The number of halogens is 1. The largest absolute Gasteiger partial charge is 0.350 e. The smallest absolute Gasteiger partial charge is 0.262 e. The van der Waals surface area contributed by atoms with E-state index < -0.39 is 11.8 Å². The summed E-state index contributed by atoms with van der Waals surface area (Å²) in [4.78, 5) is 37.4. The number of carbonyl (C=O) groups excluding carboxylic acids is 3. The number of rotatable bonds is 3. The van der Waals surface area contributed by atoms with E-state index in [4.69, 9.17) is 0 Å². The molecule has 0 aliphatic carbocycles. The summed E-state index contributed by atoms with van der Waals surface area (Å²) in [6, 6.07) is 4.98. The third kappa shape index (κ3) is 2.71. The molecule has 7 heteroatoms. The van der Waals surface area contributed by atoms with Gasteiger partial charge in [-0.15, -0.1) is 0 Å². The van der Waals surface area contributed by atoms with E-state index in [9.17, 15) is 14.4 Å². The molecule has 0 bridgehead atoms. The Morgan fingerprint density at radius 3 is 2.81 bits per heavy atom. The summed E-state index contributed by atoms with van der Waals surface area (Å²) in [6.45, 7) is 1.35. The van der Waals surface area contributed by atoms with Crippen LogP contribution in [-0.4, -0.2) is 48.3 Å². The molecule has 0 aromatic heterocycles. The van der Waals surface area contributed by atoms with E-state index in [0.29, 0.717) is 11.1 Å². The first-order valence-corrected chi connectivity index (χ1v) is 7.51. The molecule has 3 rings (SSSR count). The van der Waals surface area contributed by atoms with Crippen molar-refractivity contribution >= 4 is 33.7 Å². The van der Waals surface area contributed by atoms with E-state index in [2.05, 4.69) is 26.6 Å². The lowest BCUT2D eigenvalue weighted by Gasteiger charge is -2.16. The Labute approximate surface area is 130 Å². The molecule has 0 spiro atoms. The second kappa shape index (κ2) is 5.57. The minimum Gasteiger partial charge on any atom is -0.350 e. The summed E-state index contributed by atoms with van der Waals surface area (Å²) in [7, 11) is 0. The molecule has 110 valence electrons. The lowest BCUT2D eigenvalue weighted by Crippen LogP contribution is -2.44. The molecule has 3 amide bonds. The summed E-state index contributed by atoms with van der Waals surface area (Å²) in [5.74, 6) is -1.14. The number of benzene rings is 1. The maximum absolute atomic E-state index is 12.2. The van der Waals surface area contributed by atoms with E-state index >= 15 is 0 Å². The van der Waals surface area contributed by atoms with Crippen LogP contribution in [0.3, 0.4) is 0 Å². The Bertz CT molecular complexity index is 626. The molecule has 1 fully saturated rings. The molecule has 2 aliphatic rings. The van der Waals surface area contributed by atoms with Gasteiger partial charge in [-0.2, -0.15) is 0 Å². The highest BCUT2D eigenvalue weighted by Crippen LogP contribution is 2.25. The van der Waals surface area contributed by atoms with Gasteiger partial charge in [-0.1, -0.05) is 15.9 Å². The normalized spacial score (nSPS) is 20.8. The van der Waals surface area contributed by atoms with Gasteiger partial charge in [0.15, 0.2) is 0 Å². The van der Waals surface area contributed by atoms with Gasteiger partial charge in [0.1, 0.15) is 6.54 Å². The van der Waals surface area contributed by atoms with Crippen LogP contribution in [0.2, 0.25) is 0 Å². The van der Waals surface area contributed by atoms with Crippen molar-refractivity contribution < 1.29 is 14.4 Å². The summed E-state index contributed by atoms with van der Waals surface area (Å²) in [5.41, 5.74) is 0.684. The summed E-state index contributed by atoms with van der Waals surface area (Å²) in [5, 5.41) is 5.97. The Morgan fingerprint density at radius 1 is 1.33 bits per heavy atom. The zero-order valence-corrected chi connectivity index (χ0v) is 12.8. The molecule has 21 heavy (non-hydrogen) atoms. The molecular weight excluding hydrogens is 338 g/mol. The molecule has 1 saturated heterocycles. The zero-order valence-electron chi connectivity index (χ0n) is 11.2. The molecule has 1 aromatic rings. The van der Waals surface area contributed by atoms with E-state index in [0.717, 1.165) is 28.9 Å². The zero-order chi connectivity index (χ0) is 15.0. The van der Waals surface area contributed by atoms with Gasteiger partial charge in [0.05, 0.1) is 11.1 Å². The minimum atomic E-state index is -0.420. The molecule has 2 heterocycles. The molecule has 1 unspecified atom stereocenters. The van der Waals surface area contributed by atoms with Crippen LogP contribution in [0, 0.1) is 0 Å². The van der Waals surface area contributed by atoms with Crippen molar-refractivity contribution in [1.29, 1.82) is 0 Å². The molecule has 1 aromatic carbocycles. The van der Waals surface area contributed by atoms with Crippen LogP contribution in [0.5, 0.6) is 0 Å². The van der Waals surface area contributed by atoms with Gasteiger partial charge in [-0.25, -0.2) is 0 Å². The maximum atomic E-state index is 12.2. The molecule has 0 saturated carbocycles. The van der Waals surface area contributed by atoms with Crippen LogP contribution in [-0.2, 0) is 4.79 Å². The van der Waals surface area contributed by atoms with Crippen molar-refractivity contribution in [1.82, 2.24) is 15.5 Å². The number of hydrogen-bond donors (Lipinski definition) is 2. The van der Waals surface area contributed by atoms with Crippen molar-refractivity contribution in [2.24, 2.45) is 0 Å². The van der Waals surface area contributed by atoms with E-state index in [-0.39, 0.29) is 18.5 Å². The second-order valence-electron chi connectivity index (χ2n) is 5.14. The van der Waals surface area contributed by atoms with E-state index in [1.54, 1.807) is 18.2 Å². The fraction of sp³-hybridized carbons (Fsp3) is 0.357. The minimum absolute atomic E-state index is 0.0711. The van der Waals surface area contributed by atoms with Crippen LogP contribution in [0.4, 0.5) is 0 Å². The van der Waals surface area contributed by atoms with Gasteiger partial charge >= 0.3 is 0 Å². The van der Waals surface area contributed by atoms with Crippen LogP contribution < -0.4 is 10.6 Å². The van der Waals surface area contributed by atoms with Crippen molar-refractivity contribution in [3.8, 4) is 0 Å². The molecule has 0 radical (unpaired) electrons. The number of nitrogens with zero attached hydrogens (tertiary/aromatic N) is 1. The number of imide groups is 1. The van der Waals surface area contributed by atoms with Gasteiger partial charge in [0, 0.05) is 17.1 Å². The maximum Gasteiger partial charge on any atom is 0.262 e. The molecule has 6 nitrogen and oxygen atoms in total. The highest BCUT2D eigenvalue weighted by molar-refractivity contribution is 9.10. The summed E-state index contributed by atoms with van der Waals surface area (Å²) in [6.07, 6.45) is 0.862. The molecule has 2 aliphatic heterocycles. The van der Waals surface area contributed by atoms with E-state index in [1.165, 1.54) is 0 Å². The topological polar surface area (TPSA) is 78.5 Å². The number of nitrogens with one attached hydrogen (secondary N) is 2. The average Bonchev–Trinajstić information content (AvgIpc) is 3.02. The Balaban J connectivity index is 1.71. The fourth-order valence-corrected chi connectivity index (χ4v) is 2.96. The van der Waals surface area contributed by atoms with Gasteiger partial charge in [-0.05, 0) is 31.2 Å². The first kappa shape index (κ1) is 14.2. The van der Waals surface area contributed by atoms with E-state index in [1.807, 2.05) is 0 Å². The first-order chi connectivity index (χ1) is 10.1. The van der Waals surface area contributed by atoms with Gasteiger partial charge in [0.2, 0.25) is 5.91 Å². The third-order valence-corrected chi connectivity index (χ3v) is 4.15. The highest BCUT2D eigenvalue weighted by atomic mass is 79.9. The highest BCUT2D eigenvalue weighted by Gasteiger charge is 2.36. The van der Waals surface area contributed by atoms with Crippen molar-refractivity contribution in [2.45, 2.75) is 12.5 Å². The van der Waals surface area contributed by atoms with Crippen LogP contribution in [0.15, 0.2) is 22.7 Å². The lowest BCUT2D eigenvalue weighted by atomic mass is 10.1. The molecule has 2 N–H and O–H groups in total. The summed E-state index contributed by atoms with van der Waals surface area (Å²) >= 11 is 3.27. The predicted molar refractivity (Wildman–Crippen MR) is 78.9 cm³/mol. The SMILES string of the molecule is O=C(CN1C(=O)c2ccc(Br)cc2C1=O)NC1CCNC1. The Hall–Kier alpha value is -1.73. The van der Waals surface area contributed by atoms with Gasteiger partial charge in [0.25, 0.3) is 11.8 Å². The van der Waals surface area contributed by atoms with Crippen molar-refractivity contribution in [3.05, 3.63) is 33.8 Å². The predicted octanol–water partition coefficient (Wildman–Crippen LogP) is 0.523. The quantitative estimate of drug-likeness (QED) is 0.778. The van der Waals surface area contributed by atoms with Crippen LogP contribution in [0.1, 0.15) is 27.1 Å². The number of fused-ring (bicyclic) bond motifs is 1. The third-order valence-electron chi connectivity index (χ3n) is 3.66. The standard InChI is InChI=1S/C14H14BrN3O3/c15-8-1-2-10-11(5-8)14(21)18(13(10)20)7-12(19)17-9-3-4-16-6-9/h1-2,5,9,16H,3-4,6-7H2,(H,17,19). The number of carbonyl (C=O) groups is 3. The summed E-state index contributed by atoms with van der Waals surface area (Å²) < 4.78 is 0.728. The average molecular weight is 352 g/mol. The fourth-order valence-electron chi connectivity index (χ4n) is 2.60.